The highest BCUT2D eigenvalue weighted by Gasteiger charge is 2.11. The van der Waals surface area contributed by atoms with E-state index >= 15 is 0 Å². The van der Waals surface area contributed by atoms with Crippen molar-refractivity contribution in [1.29, 1.82) is 0 Å². The Morgan fingerprint density at radius 3 is 2.34 bits per heavy atom. The van der Waals surface area contributed by atoms with Crippen LogP contribution in [0, 0.1) is 17.0 Å². The van der Waals surface area contributed by atoms with Gasteiger partial charge in [0.2, 0.25) is 5.91 Å². The maximum absolute atomic E-state index is 12.2. The molecule has 0 bridgehead atoms. The molecule has 0 fully saturated rings. The predicted octanol–water partition coefficient (Wildman–Crippen LogP) is 4.65. The first kappa shape index (κ1) is 22.8. The third-order valence-corrected chi connectivity index (χ3v) is 5.33. The minimum absolute atomic E-state index is 0.0197. The lowest BCUT2D eigenvalue weighted by atomic mass is 10.2. The van der Waals surface area contributed by atoms with Crippen molar-refractivity contribution in [2.24, 2.45) is 0 Å². The molecular formula is C23H21N3O5S. The molecule has 9 heteroatoms. The topological polar surface area (TPSA) is 111 Å². The van der Waals surface area contributed by atoms with Gasteiger partial charge in [-0.25, -0.2) is 0 Å². The molecule has 3 rings (SSSR count). The van der Waals surface area contributed by atoms with Gasteiger partial charge >= 0.3 is 0 Å². The Kier molecular flexibility index (Phi) is 7.82. The molecular weight excluding hydrogens is 430 g/mol. The summed E-state index contributed by atoms with van der Waals surface area (Å²) in [5, 5.41) is 16.3. The average Bonchev–Trinajstić information content (AvgIpc) is 2.79. The van der Waals surface area contributed by atoms with Crippen LogP contribution >= 0.6 is 11.8 Å². The minimum atomic E-state index is -0.475. The highest BCUT2D eigenvalue weighted by molar-refractivity contribution is 8.00. The summed E-state index contributed by atoms with van der Waals surface area (Å²) in [5.74, 6) is 0.304. The Hall–Kier alpha value is -3.85. The Morgan fingerprint density at radius 2 is 1.69 bits per heavy atom. The fourth-order valence-electron chi connectivity index (χ4n) is 2.73. The number of thioether (sulfide) groups is 1. The molecule has 164 valence electrons. The molecule has 0 heterocycles. The first-order valence-electron chi connectivity index (χ1n) is 9.66. The SMILES string of the molecule is Cc1cc([N+](=O)[O-])ccc1NC(=O)CSc1ccc(NC(=O)COc2ccccc2)cc1. The molecule has 3 aromatic carbocycles. The molecule has 0 spiro atoms. The van der Waals surface area contributed by atoms with Crippen LogP contribution in [0.4, 0.5) is 17.1 Å². The van der Waals surface area contributed by atoms with Crippen molar-refractivity contribution >= 4 is 40.6 Å². The van der Waals surface area contributed by atoms with Gasteiger partial charge in [0, 0.05) is 28.4 Å². The Bertz CT molecular complexity index is 1100. The molecule has 2 amide bonds. The van der Waals surface area contributed by atoms with Crippen LogP contribution < -0.4 is 15.4 Å². The summed E-state index contributed by atoms with van der Waals surface area (Å²) in [6.07, 6.45) is 0. The van der Waals surface area contributed by atoms with E-state index in [0.717, 1.165) is 4.90 Å². The molecule has 2 N–H and O–H groups in total. The van der Waals surface area contributed by atoms with Crippen LogP contribution in [0.5, 0.6) is 5.75 Å². The summed E-state index contributed by atoms with van der Waals surface area (Å²) < 4.78 is 5.41. The lowest BCUT2D eigenvalue weighted by Crippen LogP contribution is -2.20. The number of ether oxygens (including phenoxy) is 1. The van der Waals surface area contributed by atoms with E-state index in [-0.39, 0.29) is 29.9 Å². The third kappa shape index (κ3) is 6.85. The van der Waals surface area contributed by atoms with E-state index in [1.165, 1.54) is 30.0 Å². The zero-order chi connectivity index (χ0) is 22.9. The summed E-state index contributed by atoms with van der Waals surface area (Å²) in [6.45, 7) is 1.61. The number of nitrogens with one attached hydrogen (secondary N) is 2. The highest BCUT2D eigenvalue weighted by Crippen LogP contribution is 2.23. The van der Waals surface area contributed by atoms with Crippen molar-refractivity contribution in [3.63, 3.8) is 0 Å². The van der Waals surface area contributed by atoms with E-state index in [1.54, 1.807) is 31.2 Å². The second-order valence-electron chi connectivity index (χ2n) is 6.77. The molecule has 0 saturated carbocycles. The second kappa shape index (κ2) is 11.0. The number of benzene rings is 3. The first-order valence-corrected chi connectivity index (χ1v) is 10.6. The summed E-state index contributed by atoms with van der Waals surface area (Å²) in [4.78, 5) is 35.4. The zero-order valence-corrected chi connectivity index (χ0v) is 18.1. The number of nitro groups is 1. The van der Waals surface area contributed by atoms with Crippen molar-refractivity contribution in [3.05, 3.63) is 88.5 Å². The Morgan fingerprint density at radius 1 is 0.969 bits per heavy atom. The standard InChI is InChI=1S/C23H21N3O5S/c1-16-13-18(26(29)30)9-12-21(16)25-23(28)15-32-20-10-7-17(8-11-20)24-22(27)14-31-19-5-3-2-4-6-19/h2-13H,14-15H2,1H3,(H,24,27)(H,25,28). The van der Waals surface area contributed by atoms with Crippen molar-refractivity contribution < 1.29 is 19.2 Å². The number of nitro benzene ring substituents is 1. The fourth-order valence-corrected chi connectivity index (χ4v) is 3.43. The maximum Gasteiger partial charge on any atom is 0.269 e. The van der Waals surface area contributed by atoms with Gasteiger partial charge in [-0.15, -0.1) is 11.8 Å². The van der Waals surface area contributed by atoms with Crippen LogP contribution in [0.1, 0.15) is 5.56 Å². The molecule has 0 aliphatic carbocycles. The van der Waals surface area contributed by atoms with Gasteiger partial charge in [0.1, 0.15) is 5.75 Å². The van der Waals surface area contributed by atoms with E-state index in [4.69, 9.17) is 4.74 Å². The van der Waals surface area contributed by atoms with E-state index in [1.807, 2.05) is 30.3 Å². The van der Waals surface area contributed by atoms with Crippen molar-refractivity contribution in [3.8, 4) is 5.75 Å². The van der Waals surface area contributed by atoms with Crippen LogP contribution in [-0.2, 0) is 9.59 Å². The monoisotopic (exact) mass is 451 g/mol. The molecule has 0 unspecified atom stereocenters. The molecule has 0 aromatic heterocycles. The number of aryl methyl sites for hydroxylation is 1. The van der Waals surface area contributed by atoms with E-state index in [2.05, 4.69) is 10.6 Å². The lowest BCUT2D eigenvalue weighted by molar-refractivity contribution is -0.384. The first-order chi connectivity index (χ1) is 15.4. The van der Waals surface area contributed by atoms with E-state index in [0.29, 0.717) is 22.7 Å². The molecule has 0 aliphatic rings. The van der Waals surface area contributed by atoms with Crippen molar-refractivity contribution in [1.82, 2.24) is 0 Å². The van der Waals surface area contributed by atoms with Crippen LogP contribution in [0.2, 0.25) is 0 Å². The summed E-state index contributed by atoms with van der Waals surface area (Å²) >= 11 is 1.34. The predicted molar refractivity (Wildman–Crippen MR) is 124 cm³/mol. The number of hydrogen-bond acceptors (Lipinski definition) is 6. The number of carbonyl (C=O) groups is 2. The number of carbonyl (C=O) groups excluding carboxylic acids is 2. The second-order valence-corrected chi connectivity index (χ2v) is 7.82. The van der Waals surface area contributed by atoms with Gasteiger partial charge in [-0.1, -0.05) is 18.2 Å². The van der Waals surface area contributed by atoms with Gasteiger partial charge in [-0.05, 0) is 55.0 Å². The Balaban J connectivity index is 1.44. The van der Waals surface area contributed by atoms with E-state index < -0.39 is 4.92 Å². The molecule has 8 nitrogen and oxygen atoms in total. The molecule has 3 aromatic rings. The normalized spacial score (nSPS) is 10.3. The lowest BCUT2D eigenvalue weighted by Gasteiger charge is -2.09. The third-order valence-electron chi connectivity index (χ3n) is 4.32. The number of amides is 2. The van der Waals surface area contributed by atoms with Gasteiger partial charge in [0.15, 0.2) is 6.61 Å². The average molecular weight is 452 g/mol. The van der Waals surface area contributed by atoms with Gasteiger partial charge in [-0.2, -0.15) is 0 Å². The molecule has 0 saturated heterocycles. The van der Waals surface area contributed by atoms with Gasteiger partial charge < -0.3 is 15.4 Å². The minimum Gasteiger partial charge on any atom is -0.484 e. The number of non-ortho nitro benzene ring substituents is 1. The van der Waals surface area contributed by atoms with Crippen molar-refractivity contribution in [2.75, 3.05) is 23.0 Å². The maximum atomic E-state index is 12.2. The highest BCUT2D eigenvalue weighted by atomic mass is 32.2. The molecule has 0 atom stereocenters. The van der Waals surface area contributed by atoms with Crippen LogP contribution in [0.15, 0.2) is 77.7 Å². The largest absolute Gasteiger partial charge is 0.484 e. The Labute approximate surface area is 189 Å². The summed E-state index contributed by atoms with van der Waals surface area (Å²) in [5.41, 5.74) is 1.77. The van der Waals surface area contributed by atoms with Crippen LogP contribution in [0.3, 0.4) is 0 Å². The van der Waals surface area contributed by atoms with Crippen LogP contribution in [0.25, 0.3) is 0 Å². The smallest absolute Gasteiger partial charge is 0.269 e. The summed E-state index contributed by atoms with van der Waals surface area (Å²) in [6, 6.07) is 20.5. The van der Waals surface area contributed by atoms with Crippen LogP contribution in [-0.4, -0.2) is 29.1 Å². The molecule has 32 heavy (non-hydrogen) atoms. The number of para-hydroxylation sites is 1. The fraction of sp³-hybridized carbons (Fsp3) is 0.130. The summed E-state index contributed by atoms with van der Waals surface area (Å²) in [7, 11) is 0. The van der Waals surface area contributed by atoms with Gasteiger partial charge in [0.05, 0.1) is 10.7 Å². The quantitative estimate of drug-likeness (QED) is 0.278. The molecule has 0 radical (unpaired) electrons. The van der Waals surface area contributed by atoms with Gasteiger partial charge in [-0.3, -0.25) is 19.7 Å². The molecule has 0 aliphatic heterocycles. The zero-order valence-electron chi connectivity index (χ0n) is 17.2. The number of nitrogens with zero attached hydrogens (tertiary/aromatic N) is 1. The van der Waals surface area contributed by atoms with Gasteiger partial charge in [0.25, 0.3) is 11.6 Å². The van der Waals surface area contributed by atoms with E-state index in [9.17, 15) is 19.7 Å². The number of rotatable bonds is 9. The number of hydrogen-bond donors (Lipinski definition) is 2. The van der Waals surface area contributed by atoms with Crippen molar-refractivity contribution in [2.45, 2.75) is 11.8 Å². The number of anilines is 2.